The Kier molecular flexibility index (Phi) is 2.86. The standard InChI is InChI=1S/C9H9N3O3S/c1-5-7(8(13)14)2-6(15-5)3-10-9-12-11-4-16-9/h2,4H,3H2,1H3,(H,10,12)(H,13,14). The van der Waals surface area contributed by atoms with E-state index in [4.69, 9.17) is 9.52 Å². The molecule has 0 bridgehead atoms. The molecule has 84 valence electrons. The van der Waals surface area contributed by atoms with Crippen molar-refractivity contribution in [3.05, 3.63) is 28.7 Å². The van der Waals surface area contributed by atoms with Gasteiger partial charge in [0.15, 0.2) is 0 Å². The van der Waals surface area contributed by atoms with Gasteiger partial charge in [-0.2, -0.15) is 0 Å². The fourth-order valence-electron chi connectivity index (χ4n) is 1.26. The predicted octanol–water partition coefficient (Wildman–Crippen LogP) is 1.75. The van der Waals surface area contributed by atoms with Gasteiger partial charge in [-0.25, -0.2) is 4.79 Å². The summed E-state index contributed by atoms with van der Waals surface area (Å²) in [4.78, 5) is 10.8. The first-order valence-electron chi connectivity index (χ1n) is 4.49. The number of hydrogen-bond acceptors (Lipinski definition) is 6. The monoisotopic (exact) mass is 239 g/mol. The number of rotatable bonds is 4. The summed E-state index contributed by atoms with van der Waals surface area (Å²) >= 11 is 1.37. The molecule has 0 saturated heterocycles. The molecule has 2 aromatic heterocycles. The molecule has 2 N–H and O–H groups in total. The van der Waals surface area contributed by atoms with E-state index in [0.29, 0.717) is 23.2 Å². The molecular weight excluding hydrogens is 230 g/mol. The first-order valence-corrected chi connectivity index (χ1v) is 5.37. The highest BCUT2D eigenvalue weighted by Crippen LogP contribution is 2.16. The van der Waals surface area contributed by atoms with Gasteiger partial charge >= 0.3 is 5.97 Å². The molecule has 0 spiro atoms. The molecule has 0 amide bonds. The number of aryl methyl sites for hydroxylation is 1. The number of nitrogens with one attached hydrogen (secondary N) is 1. The lowest BCUT2D eigenvalue weighted by Crippen LogP contribution is -1.98. The van der Waals surface area contributed by atoms with E-state index in [0.717, 1.165) is 0 Å². The van der Waals surface area contributed by atoms with E-state index >= 15 is 0 Å². The largest absolute Gasteiger partial charge is 0.478 e. The van der Waals surface area contributed by atoms with E-state index in [1.54, 1.807) is 12.4 Å². The van der Waals surface area contributed by atoms with Crippen molar-refractivity contribution in [1.82, 2.24) is 10.2 Å². The van der Waals surface area contributed by atoms with Gasteiger partial charge in [0.1, 0.15) is 22.6 Å². The highest BCUT2D eigenvalue weighted by molar-refractivity contribution is 7.13. The summed E-state index contributed by atoms with van der Waals surface area (Å²) in [5, 5.41) is 19.9. The molecule has 0 aliphatic rings. The molecule has 16 heavy (non-hydrogen) atoms. The summed E-state index contributed by atoms with van der Waals surface area (Å²) in [7, 11) is 0. The number of aromatic carboxylic acids is 1. The van der Waals surface area contributed by atoms with Crippen LogP contribution in [0, 0.1) is 6.92 Å². The lowest BCUT2D eigenvalue weighted by Gasteiger charge is -1.96. The van der Waals surface area contributed by atoms with Crippen LogP contribution < -0.4 is 5.32 Å². The molecule has 7 heteroatoms. The summed E-state index contributed by atoms with van der Waals surface area (Å²) in [6.45, 7) is 2.02. The van der Waals surface area contributed by atoms with Gasteiger partial charge in [-0.15, -0.1) is 10.2 Å². The van der Waals surface area contributed by atoms with Crippen molar-refractivity contribution in [1.29, 1.82) is 0 Å². The van der Waals surface area contributed by atoms with E-state index in [1.807, 2.05) is 0 Å². The van der Waals surface area contributed by atoms with Crippen molar-refractivity contribution in [2.24, 2.45) is 0 Å². The molecule has 0 aliphatic carbocycles. The Morgan fingerprint density at radius 1 is 1.69 bits per heavy atom. The van der Waals surface area contributed by atoms with Crippen LogP contribution >= 0.6 is 11.3 Å². The number of carbonyl (C=O) groups is 1. The molecule has 0 atom stereocenters. The molecule has 0 unspecified atom stereocenters. The van der Waals surface area contributed by atoms with E-state index in [2.05, 4.69) is 15.5 Å². The first-order chi connectivity index (χ1) is 7.66. The van der Waals surface area contributed by atoms with Crippen molar-refractivity contribution in [3.63, 3.8) is 0 Å². The molecule has 2 rings (SSSR count). The van der Waals surface area contributed by atoms with Crippen LogP contribution in [-0.4, -0.2) is 21.3 Å². The number of nitrogens with zero attached hydrogens (tertiary/aromatic N) is 2. The third-order valence-electron chi connectivity index (χ3n) is 1.97. The number of furan rings is 1. The Labute approximate surface area is 94.9 Å². The summed E-state index contributed by atoms with van der Waals surface area (Å²) in [5.41, 5.74) is 1.80. The van der Waals surface area contributed by atoms with Crippen LogP contribution in [-0.2, 0) is 6.54 Å². The maximum Gasteiger partial charge on any atom is 0.339 e. The molecule has 0 radical (unpaired) electrons. The fraction of sp³-hybridized carbons (Fsp3) is 0.222. The van der Waals surface area contributed by atoms with Gasteiger partial charge in [0.05, 0.1) is 6.54 Å². The van der Waals surface area contributed by atoms with Gasteiger partial charge in [-0.1, -0.05) is 11.3 Å². The van der Waals surface area contributed by atoms with Crippen molar-refractivity contribution < 1.29 is 14.3 Å². The molecule has 0 saturated carbocycles. The summed E-state index contributed by atoms with van der Waals surface area (Å²) in [5.74, 6) is -0.0184. The zero-order valence-corrected chi connectivity index (χ0v) is 9.24. The number of anilines is 1. The third-order valence-corrected chi connectivity index (χ3v) is 2.62. The minimum Gasteiger partial charge on any atom is -0.478 e. The van der Waals surface area contributed by atoms with Crippen molar-refractivity contribution in [2.75, 3.05) is 5.32 Å². The summed E-state index contributed by atoms with van der Waals surface area (Å²) in [6, 6.07) is 1.51. The van der Waals surface area contributed by atoms with Gasteiger partial charge < -0.3 is 14.8 Å². The number of hydrogen-bond donors (Lipinski definition) is 2. The van der Waals surface area contributed by atoms with E-state index in [9.17, 15) is 4.79 Å². The lowest BCUT2D eigenvalue weighted by atomic mass is 10.2. The maximum absolute atomic E-state index is 10.8. The van der Waals surface area contributed by atoms with Gasteiger partial charge in [0, 0.05) is 0 Å². The van der Waals surface area contributed by atoms with Crippen molar-refractivity contribution in [2.45, 2.75) is 13.5 Å². The lowest BCUT2D eigenvalue weighted by molar-refractivity contribution is 0.0695. The van der Waals surface area contributed by atoms with Gasteiger partial charge in [0.25, 0.3) is 0 Å². The maximum atomic E-state index is 10.8. The minimum absolute atomic E-state index is 0.189. The summed E-state index contributed by atoms with van der Waals surface area (Å²) in [6.07, 6.45) is 0. The van der Waals surface area contributed by atoms with Crippen LogP contribution in [0.5, 0.6) is 0 Å². The minimum atomic E-state index is -0.983. The molecular formula is C9H9N3O3S. The average Bonchev–Trinajstić information content (AvgIpc) is 2.83. The molecule has 0 fully saturated rings. The van der Waals surface area contributed by atoms with Crippen LogP contribution in [0.15, 0.2) is 16.0 Å². The molecule has 6 nitrogen and oxygen atoms in total. The first kappa shape index (κ1) is 10.6. The average molecular weight is 239 g/mol. The highest BCUT2D eigenvalue weighted by Gasteiger charge is 2.13. The predicted molar refractivity (Wildman–Crippen MR) is 57.6 cm³/mol. The normalized spacial score (nSPS) is 10.3. The van der Waals surface area contributed by atoms with E-state index in [1.165, 1.54) is 17.4 Å². The second-order valence-corrected chi connectivity index (χ2v) is 3.92. The second-order valence-electron chi connectivity index (χ2n) is 3.09. The van der Waals surface area contributed by atoms with Gasteiger partial charge in [-0.3, -0.25) is 0 Å². The Morgan fingerprint density at radius 2 is 2.50 bits per heavy atom. The van der Waals surface area contributed by atoms with Crippen LogP contribution in [0.1, 0.15) is 21.9 Å². The SMILES string of the molecule is Cc1oc(CNc2nncs2)cc1C(=O)O. The van der Waals surface area contributed by atoms with Crippen LogP contribution in [0.3, 0.4) is 0 Å². The van der Waals surface area contributed by atoms with E-state index in [-0.39, 0.29) is 5.56 Å². The van der Waals surface area contributed by atoms with Crippen LogP contribution in [0.4, 0.5) is 5.13 Å². The molecule has 2 aromatic rings. The number of carboxylic acid groups (broad SMARTS) is 1. The molecule has 0 aromatic carbocycles. The van der Waals surface area contributed by atoms with Crippen LogP contribution in [0.25, 0.3) is 0 Å². The Hall–Kier alpha value is -1.89. The number of carboxylic acids is 1. The Morgan fingerprint density at radius 3 is 3.06 bits per heavy atom. The smallest absolute Gasteiger partial charge is 0.339 e. The van der Waals surface area contributed by atoms with Crippen molar-refractivity contribution in [3.8, 4) is 0 Å². The third kappa shape index (κ3) is 2.19. The van der Waals surface area contributed by atoms with Gasteiger partial charge in [-0.05, 0) is 13.0 Å². The second kappa shape index (κ2) is 4.31. The number of aromatic nitrogens is 2. The van der Waals surface area contributed by atoms with Crippen molar-refractivity contribution >= 4 is 22.4 Å². The topological polar surface area (TPSA) is 88.3 Å². The zero-order valence-electron chi connectivity index (χ0n) is 8.43. The Bertz CT molecular complexity index is 492. The zero-order chi connectivity index (χ0) is 11.5. The molecule has 2 heterocycles. The highest BCUT2D eigenvalue weighted by atomic mass is 32.1. The van der Waals surface area contributed by atoms with Crippen LogP contribution in [0.2, 0.25) is 0 Å². The molecule has 0 aliphatic heterocycles. The van der Waals surface area contributed by atoms with E-state index < -0.39 is 5.97 Å². The summed E-state index contributed by atoms with van der Waals surface area (Å²) < 4.78 is 5.29. The van der Waals surface area contributed by atoms with Gasteiger partial charge in [0.2, 0.25) is 5.13 Å². The fourth-order valence-corrected chi connectivity index (χ4v) is 1.70. The Balaban J connectivity index is 2.05. The quantitative estimate of drug-likeness (QED) is 0.845.